The first kappa shape index (κ1) is 8.02. The van der Waals surface area contributed by atoms with Crippen LogP contribution in [0.15, 0.2) is 0 Å². The molecule has 64 valence electrons. The van der Waals surface area contributed by atoms with Gasteiger partial charge in [0.2, 0.25) is 0 Å². The quantitative estimate of drug-likeness (QED) is 0.646. The van der Waals surface area contributed by atoms with Gasteiger partial charge in [-0.3, -0.25) is 4.90 Å². The molecule has 0 bridgehead atoms. The first-order valence-electron chi connectivity index (χ1n) is 4.28. The SMILES string of the molecule is BrCC1CN(C2CCOC2)C1. The molecule has 0 aliphatic carbocycles. The third kappa shape index (κ3) is 1.60. The summed E-state index contributed by atoms with van der Waals surface area (Å²) in [5.74, 6) is 0.899. The number of nitrogens with zero attached hydrogens (tertiary/aromatic N) is 1. The lowest BCUT2D eigenvalue weighted by Crippen LogP contribution is -2.52. The van der Waals surface area contributed by atoms with Crippen LogP contribution in [0, 0.1) is 5.92 Å². The summed E-state index contributed by atoms with van der Waals surface area (Å²) < 4.78 is 5.33. The third-order valence-corrected chi connectivity index (χ3v) is 3.54. The van der Waals surface area contributed by atoms with Crippen LogP contribution in [0.1, 0.15) is 6.42 Å². The zero-order valence-electron chi connectivity index (χ0n) is 6.63. The second kappa shape index (κ2) is 3.42. The number of rotatable bonds is 2. The van der Waals surface area contributed by atoms with E-state index in [1.165, 1.54) is 19.5 Å². The molecular formula is C8H14BrNO. The van der Waals surface area contributed by atoms with E-state index >= 15 is 0 Å². The highest BCUT2D eigenvalue weighted by Crippen LogP contribution is 2.24. The van der Waals surface area contributed by atoms with Gasteiger partial charge in [-0.25, -0.2) is 0 Å². The molecular weight excluding hydrogens is 206 g/mol. The van der Waals surface area contributed by atoms with Crippen LogP contribution in [0.25, 0.3) is 0 Å². The van der Waals surface area contributed by atoms with Crippen molar-refractivity contribution in [3.8, 4) is 0 Å². The topological polar surface area (TPSA) is 12.5 Å². The Balaban J connectivity index is 1.73. The van der Waals surface area contributed by atoms with E-state index in [1.807, 2.05) is 0 Å². The lowest BCUT2D eigenvalue weighted by Gasteiger charge is -2.41. The van der Waals surface area contributed by atoms with Crippen molar-refractivity contribution in [2.24, 2.45) is 5.92 Å². The molecule has 0 saturated carbocycles. The maximum atomic E-state index is 5.33. The summed E-state index contributed by atoms with van der Waals surface area (Å²) >= 11 is 3.50. The Morgan fingerprint density at radius 1 is 1.45 bits per heavy atom. The molecule has 0 amide bonds. The highest BCUT2D eigenvalue weighted by molar-refractivity contribution is 9.09. The van der Waals surface area contributed by atoms with E-state index in [0.29, 0.717) is 0 Å². The molecule has 3 heteroatoms. The molecule has 2 rings (SSSR count). The normalized spacial score (nSPS) is 34.1. The summed E-state index contributed by atoms with van der Waals surface area (Å²) in [5.41, 5.74) is 0. The second-order valence-electron chi connectivity index (χ2n) is 3.49. The predicted octanol–water partition coefficient (Wildman–Crippen LogP) is 1.10. The highest BCUT2D eigenvalue weighted by atomic mass is 79.9. The molecule has 0 aromatic heterocycles. The van der Waals surface area contributed by atoms with Gasteiger partial charge < -0.3 is 4.74 Å². The van der Waals surface area contributed by atoms with Crippen molar-refractivity contribution < 1.29 is 4.74 Å². The Bertz CT molecular complexity index is 130. The molecule has 1 atom stereocenters. The van der Waals surface area contributed by atoms with Crippen molar-refractivity contribution in [3.05, 3.63) is 0 Å². The van der Waals surface area contributed by atoms with Gasteiger partial charge in [0.15, 0.2) is 0 Å². The number of hydrogen-bond donors (Lipinski definition) is 0. The van der Waals surface area contributed by atoms with Gasteiger partial charge in [-0.05, 0) is 12.3 Å². The Hall–Kier alpha value is 0.400. The molecule has 1 unspecified atom stereocenters. The van der Waals surface area contributed by atoms with E-state index in [-0.39, 0.29) is 0 Å². The van der Waals surface area contributed by atoms with Crippen LogP contribution in [-0.4, -0.2) is 42.6 Å². The van der Waals surface area contributed by atoms with E-state index in [0.717, 1.165) is 30.5 Å². The molecule has 2 nitrogen and oxygen atoms in total. The van der Waals surface area contributed by atoms with E-state index in [4.69, 9.17) is 4.74 Å². The van der Waals surface area contributed by atoms with Gasteiger partial charge in [0.05, 0.1) is 6.61 Å². The van der Waals surface area contributed by atoms with Gasteiger partial charge in [0.1, 0.15) is 0 Å². The maximum absolute atomic E-state index is 5.33. The zero-order chi connectivity index (χ0) is 7.68. The average molecular weight is 220 g/mol. The fraction of sp³-hybridized carbons (Fsp3) is 1.00. The lowest BCUT2D eigenvalue weighted by molar-refractivity contribution is 0.0562. The predicted molar refractivity (Wildman–Crippen MR) is 48.1 cm³/mol. The number of hydrogen-bond acceptors (Lipinski definition) is 2. The summed E-state index contributed by atoms with van der Waals surface area (Å²) in [4.78, 5) is 2.54. The van der Waals surface area contributed by atoms with Gasteiger partial charge in [-0.2, -0.15) is 0 Å². The Morgan fingerprint density at radius 3 is 2.82 bits per heavy atom. The van der Waals surface area contributed by atoms with Crippen LogP contribution in [0.2, 0.25) is 0 Å². The lowest BCUT2D eigenvalue weighted by atomic mass is 9.99. The largest absolute Gasteiger partial charge is 0.380 e. The van der Waals surface area contributed by atoms with Crippen LogP contribution < -0.4 is 0 Å². The number of likely N-dealkylation sites (tertiary alicyclic amines) is 1. The van der Waals surface area contributed by atoms with Gasteiger partial charge in [0, 0.05) is 31.1 Å². The molecule has 2 aliphatic rings. The van der Waals surface area contributed by atoms with Crippen molar-refractivity contribution in [2.45, 2.75) is 12.5 Å². The fourth-order valence-corrected chi connectivity index (χ4v) is 2.23. The summed E-state index contributed by atoms with van der Waals surface area (Å²) in [5, 5.41) is 1.16. The van der Waals surface area contributed by atoms with Gasteiger partial charge in [-0.15, -0.1) is 0 Å². The van der Waals surface area contributed by atoms with Crippen LogP contribution >= 0.6 is 15.9 Å². The van der Waals surface area contributed by atoms with Crippen molar-refractivity contribution >= 4 is 15.9 Å². The second-order valence-corrected chi connectivity index (χ2v) is 4.14. The maximum Gasteiger partial charge on any atom is 0.0622 e. The van der Waals surface area contributed by atoms with Gasteiger partial charge >= 0.3 is 0 Å². The van der Waals surface area contributed by atoms with Crippen LogP contribution in [0.5, 0.6) is 0 Å². The monoisotopic (exact) mass is 219 g/mol. The molecule has 11 heavy (non-hydrogen) atoms. The van der Waals surface area contributed by atoms with Gasteiger partial charge in [0.25, 0.3) is 0 Å². The fourth-order valence-electron chi connectivity index (χ4n) is 1.82. The Kier molecular flexibility index (Phi) is 2.49. The molecule has 0 radical (unpaired) electrons. The zero-order valence-corrected chi connectivity index (χ0v) is 8.22. The summed E-state index contributed by atoms with van der Waals surface area (Å²) in [6.07, 6.45) is 1.25. The molecule has 2 fully saturated rings. The van der Waals surface area contributed by atoms with Crippen LogP contribution in [0.3, 0.4) is 0 Å². The smallest absolute Gasteiger partial charge is 0.0622 e. The molecule has 2 saturated heterocycles. The van der Waals surface area contributed by atoms with Crippen molar-refractivity contribution in [1.29, 1.82) is 0 Å². The van der Waals surface area contributed by atoms with Gasteiger partial charge in [-0.1, -0.05) is 15.9 Å². The van der Waals surface area contributed by atoms with E-state index in [9.17, 15) is 0 Å². The third-order valence-electron chi connectivity index (χ3n) is 2.63. The number of alkyl halides is 1. The van der Waals surface area contributed by atoms with E-state index in [1.54, 1.807) is 0 Å². The van der Waals surface area contributed by atoms with E-state index in [2.05, 4.69) is 20.8 Å². The van der Waals surface area contributed by atoms with Crippen LogP contribution in [0.4, 0.5) is 0 Å². The summed E-state index contributed by atoms with van der Waals surface area (Å²) in [7, 11) is 0. The number of halogens is 1. The Labute approximate surface area is 76.0 Å². The van der Waals surface area contributed by atoms with E-state index < -0.39 is 0 Å². The minimum absolute atomic E-state index is 0.741. The average Bonchev–Trinajstić information content (AvgIpc) is 2.37. The first-order valence-corrected chi connectivity index (χ1v) is 5.40. The minimum Gasteiger partial charge on any atom is -0.380 e. The van der Waals surface area contributed by atoms with Crippen molar-refractivity contribution in [3.63, 3.8) is 0 Å². The highest BCUT2D eigenvalue weighted by Gasteiger charge is 2.33. The summed E-state index contributed by atoms with van der Waals surface area (Å²) in [6, 6.07) is 0.741. The molecule has 0 aromatic rings. The standard InChI is InChI=1S/C8H14BrNO/c9-3-7-4-10(5-7)8-1-2-11-6-8/h7-8H,1-6H2. The molecule has 2 aliphatic heterocycles. The molecule has 0 spiro atoms. The van der Waals surface area contributed by atoms with Crippen LogP contribution in [-0.2, 0) is 4.74 Å². The van der Waals surface area contributed by atoms with Crippen molar-refractivity contribution in [1.82, 2.24) is 4.90 Å². The van der Waals surface area contributed by atoms with Crippen molar-refractivity contribution in [2.75, 3.05) is 31.6 Å². The summed E-state index contributed by atoms with van der Waals surface area (Å²) in [6.45, 7) is 4.49. The Morgan fingerprint density at radius 2 is 2.27 bits per heavy atom. The molecule has 0 aromatic carbocycles. The molecule has 0 N–H and O–H groups in total. The molecule has 2 heterocycles. The minimum atomic E-state index is 0.741. The first-order chi connectivity index (χ1) is 5.40. The number of ether oxygens (including phenoxy) is 1.